The second-order valence-corrected chi connectivity index (χ2v) is 6.45. The van der Waals surface area contributed by atoms with Gasteiger partial charge < -0.3 is 10.1 Å². The van der Waals surface area contributed by atoms with Crippen LogP contribution in [0.15, 0.2) is 16.6 Å². The monoisotopic (exact) mass is 329 g/mol. The first kappa shape index (κ1) is 14.8. The Bertz CT molecular complexity index is 450. The molecule has 2 rings (SSSR count). The maximum atomic E-state index is 13.4. The van der Waals surface area contributed by atoms with Gasteiger partial charge in [0.1, 0.15) is 5.82 Å². The van der Waals surface area contributed by atoms with E-state index in [4.69, 9.17) is 4.74 Å². The highest BCUT2D eigenvalue weighted by Crippen LogP contribution is 2.28. The molecule has 1 saturated heterocycles. The molecule has 0 aromatic heterocycles. The van der Waals surface area contributed by atoms with E-state index in [0.29, 0.717) is 22.5 Å². The largest absolute Gasteiger partial charge is 0.382 e. The first-order chi connectivity index (χ1) is 8.97. The molecule has 0 bridgehead atoms. The van der Waals surface area contributed by atoms with Gasteiger partial charge in [0.15, 0.2) is 0 Å². The summed E-state index contributed by atoms with van der Waals surface area (Å²) >= 11 is 3.24. The maximum Gasteiger partial charge on any atom is 0.137 e. The molecule has 2 unspecified atom stereocenters. The number of rotatable bonds is 3. The predicted molar refractivity (Wildman–Crippen MR) is 80.1 cm³/mol. The molecule has 1 aromatic rings. The Morgan fingerprint density at radius 3 is 2.84 bits per heavy atom. The molecule has 2 nitrogen and oxygen atoms in total. The Labute approximate surface area is 122 Å². The molecule has 1 heterocycles. The van der Waals surface area contributed by atoms with Crippen LogP contribution < -0.4 is 5.32 Å². The standard InChI is InChI=1S/C15H21BrFNO/c1-9(2)15-7-11(4-5-19-15)18-14-8-12(16)13(17)6-10(14)3/h6,8-9,11,15,18H,4-5,7H2,1-3H3. The molecule has 0 spiro atoms. The van der Waals surface area contributed by atoms with Gasteiger partial charge in [0.05, 0.1) is 10.6 Å². The van der Waals surface area contributed by atoms with Crippen molar-refractivity contribution in [3.05, 3.63) is 28.0 Å². The highest BCUT2D eigenvalue weighted by Gasteiger charge is 2.25. The predicted octanol–water partition coefficient (Wildman–Crippen LogP) is 4.51. The minimum atomic E-state index is -0.213. The lowest BCUT2D eigenvalue weighted by atomic mass is 9.95. The summed E-state index contributed by atoms with van der Waals surface area (Å²) in [7, 11) is 0. The highest BCUT2D eigenvalue weighted by atomic mass is 79.9. The number of ether oxygens (including phenoxy) is 1. The van der Waals surface area contributed by atoms with Gasteiger partial charge in [-0.1, -0.05) is 13.8 Å². The number of hydrogen-bond acceptors (Lipinski definition) is 2. The summed E-state index contributed by atoms with van der Waals surface area (Å²) in [6.07, 6.45) is 2.32. The van der Waals surface area contributed by atoms with E-state index in [-0.39, 0.29) is 5.82 Å². The Balaban J connectivity index is 2.06. The van der Waals surface area contributed by atoms with Crippen molar-refractivity contribution >= 4 is 21.6 Å². The summed E-state index contributed by atoms with van der Waals surface area (Å²) in [6, 6.07) is 3.79. The number of halogens is 2. The van der Waals surface area contributed by atoms with Gasteiger partial charge in [-0.05, 0) is 59.3 Å². The fraction of sp³-hybridized carbons (Fsp3) is 0.600. The molecule has 1 aliphatic rings. The zero-order chi connectivity index (χ0) is 14.0. The summed E-state index contributed by atoms with van der Waals surface area (Å²) in [5, 5.41) is 3.53. The molecular formula is C15H21BrFNO. The zero-order valence-corrected chi connectivity index (χ0v) is 13.3. The normalized spacial score (nSPS) is 23.7. The molecule has 4 heteroatoms. The maximum absolute atomic E-state index is 13.4. The molecule has 19 heavy (non-hydrogen) atoms. The minimum absolute atomic E-state index is 0.213. The van der Waals surface area contributed by atoms with E-state index in [1.165, 1.54) is 0 Å². The van der Waals surface area contributed by atoms with E-state index < -0.39 is 0 Å². The van der Waals surface area contributed by atoms with Crippen LogP contribution >= 0.6 is 15.9 Å². The first-order valence-corrected chi connectivity index (χ1v) is 7.60. The smallest absolute Gasteiger partial charge is 0.137 e. The lowest BCUT2D eigenvalue weighted by Gasteiger charge is -2.33. The van der Waals surface area contributed by atoms with Gasteiger partial charge in [-0.2, -0.15) is 0 Å². The quantitative estimate of drug-likeness (QED) is 0.880. The van der Waals surface area contributed by atoms with Gasteiger partial charge in [0.2, 0.25) is 0 Å². The molecule has 2 atom stereocenters. The van der Waals surface area contributed by atoms with E-state index >= 15 is 0 Å². The number of benzene rings is 1. The topological polar surface area (TPSA) is 21.3 Å². The van der Waals surface area contributed by atoms with Crippen molar-refractivity contribution < 1.29 is 9.13 Å². The average molecular weight is 330 g/mol. The Kier molecular flexibility index (Phi) is 4.85. The van der Waals surface area contributed by atoms with Crippen LogP contribution in [0, 0.1) is 18.7 Å². The third-order valence-corrected chi connectivity index (χ3v) is 4.29. The van der Waals surface area contributed by atoms with E-state index in [2.05, 4.69) is 35.1 Å². The van der Waals surface area contributed by atoms with Crippen LogP contribution in [0.25, 0.3) is 0 Å². The summed E-state index contributed by atoms with van der Waals surface area (Å²) < 4.78 is 19.7. The van der Waals surface area contributed by atoms with Crippen LogP contribution in [0.5, 0.6) is 0 Å². The molecule has 1 fully saturated rings. The molecule has 0 aliphatic carbocycles. The zero-order valence-electron chi connectivity index (χ0n) is 11.7. The fourth-order valence-corrected chi connectivity index (χ4v) is 2.79. The summed E-state index contributed by atoms with van der Waals surface area (Å²) in [5.41, 5.74) is 1.94. The van der Waals surface area contributed by atoms with E-state index in [1.54, 1.807) is 6.07 Å². The second-order valence-electron chi connectivity index (χ2n) is 5.60. The fourth-order valence-electron chi connectivity index (χ4n) is 2.45. The van der Waals surface area contributed by atoms with Crippen molar-refractivity contribution in [1.29, 1.82) is 0 Å². The Morgan fingerprint density at radius 2 is 2.16 bits per heavy atom. The van der Waals surface area contributed by atoms with Crippen LogP contribution in [-0.2, 0) is 4.74 Å². The lowest BCUT2D eigenvalue weighted by molar-refractivity contribution is -0.0160. The number of anilines is 1. The van der Waals surface area contributed by atoms with Crippen LogP contribution in [0.2, 0.25) is 0 Å². The van der Waals surface area contributed by atoms with Crippen LogP contribution in [0.3, 0.4) is 0 Å². The van der Waals surface area contributed by atoms with Gasteiger partial charge in [-0.3, -0.25) is 0 Å². The molecule has 1 aliphatic heterocycles. The van der Waals surface area contributed by atoms with Crippen LogP contribution in [0.4, 0.5) is 10.1 Å². The number of hydrogen-bond donors (Lipinski definition) is 1. The SMILES string of the molecule is Cc1cc(F)c(Br)cc1NC1CCOC(C(C)C)C1. The third kappa shape index (κ3) is 3.69. The second kappa shape index (κ2) is 6.23. The van der Waals surface area contributed by atoms with Gasteiger partial charge in [-0.25, -0.2) is 4.39 Å². The van der Waals surface area contributed by atoms with Crippen LogP contribution in [-0.4, -0.2) is 18.8 Å². The van der Waals surface area contributed by atoms with Gasteiger partial charge in [-0.15, -0.1) is 0 Å². The number of nitrogens with one attached hydrogen (secondary N) is 1. The van der Waals surface area contributed by atoms with E-state index in [9.17, 15) is 4.39 Å². The van der Waals surface area contributed by atoms with E-state index in [0.717, 1.165) is 30.7 Å². The Morgan fingerprint density at radius 1 is 1.42 bits per heavy atom. The highest BCUT2D eigenvalue weighted by molar-refractivity contribution is 9.10. The van der Waals surface area contributed by atoms with Crippen LogP contribution in [0.1, 0.15) is 32.3 Å². The summed E-state index contributed by atoms with van der Waals surface area (Å²) in [6.45, 7) is 7.10. The van der Waals surface area contributed by atoms with Crippen molar-refractivity contribution in [1.82, 2.24) is 0 Å². The van der Waals surface area contributed by atoms with Crippen molar-refractivity contribution in [2.75, 3.05) is 11.9 Å². The molecule has 0 amide bonds. The van der Waals surface area contributed by atoms with Crippen molar-refractivity contribution in [3.63, 3.8) is 0 Å². The Hall–Kier alpha value is -0.610. The van der Waals surface area contributed by atoms with E-state index in [1.807, 2.05) is 13.0 Å². The first-order valence-electron chi connectivity index (χ1n) is 6.81. The molecular weight excluding hydrogens is 309 g/mol. The van der Waals surface area contributed by atoms with Gasteiger partial charge in [0.25, 0.3) is 0 Å². The van der Waals surface area contributed by atoms with Crippen molar-refractivity contribution in [2.45, 2.75) is 45.8 Å². The van der Waals surface area contributed by atoms with Crippen molar-refractivity contribution in [2.24, 2.45) is 5.92 Å². The summed E-state index contributed by atoms with van der Waals surface area (Å²) in [4.78, 5) is 0. The van der Waals surface area contributed by atoms with Crippen molar-refractivity contribution in [3.8, 4) is 0 Å². The number of aryl methyl sites for hydroxylation is 1. The summed E-state index contributed by atoms with van der Waals surface area (Å²) in [5.74, 6) is 0.320. The van der Waals surface area contributed by atoms with Gasteiger partial charge >= 0.3 is 0 Å². The lowest BCUT2D eigenvalue weighted by Crippen LogP contribution is -2.36. The molecule has 0 saturated carbocycles. The minimum Gasteiger partial charge on any atom is -0.382 e. The average Bonchev–Trinajstić information content (AvgIpc) is 2.36. The third-order valence-electron chi connectivity index (χ3n) is 3.69. The van der Waals surface area contributed by atoms with Gasteiger partial charge in [0, 0.05) is 18.3 Å². The molecule has 1 N–H and O–H groups in total. The molecule has 0 radical (unpaired) electrons. The molecule has 106 valence electrons. The molecule has 1 aromatic carbocycles.